The first-order chi connectivity index (χ1) is 8.15. The molecular formula is C13H17ClFNO. The van der Waals surface area contributed by atoms with E-state index in [1.165, 1.54) is 0 Å². The first-order valence-electron chi connectivity index (χ1n) is 5.88. The van der Waals surface area contributed by atoms with Crippen molar-refractivity contribution in [1.29, 1.82) is 0 Å². The van der Waals surface area contributed by atoms with E-state index in [1.54, 1.807) is 13.2 Å². The van der Waals surface area contributed by atoms with Gasteiger partial charge in [-0.1, -0.05) is 11.6 Å². The summed E-state index contributed by atoms with van der Waals surface area (Å²) < 4.78 is 19.5. The summed E-state index contributed by atoms with van der Waals surface area (Å²) in [5.74, 6) is 0.458. The van der Waals surface area contributed by atoms with Gasteiger partial charge in [0.2, 0.25) is 0 Å². The molecule has 1 heterocycles. The van der Waals surface area contributed by atoms with E-state index in [9.17, 15) is 4.39 Å². The van der Waals surface area contributed by atoms with Crippen LogP contribution in [0.15, 0.2) is 6.07 Å². The molecule has 1 aromatic rings. The minimum absolute atomic E-state index is 0.149. The first-order valence-corrected chi connectivity index (χ1v) is 6.26. The second kappa shape index (κ2) is 5.23. The van der Waals surface area contributed by atoms with Crippen LogP contribution in [-0.2, 0) is 0 Å². The molecule has 1 N–H and O–H groups in total. The Balaban J connectivity index is 2.48. The van der Waals surface area contributed by atoms with Gasteiger partial charge in [0.1, 0.15) is 11.6 Å². The average molecular weight is 258 g/mol. The number of halogens is 2. The highest BCUT2D eigenvalue weighted by atomic mass is 35.5. The minimum Gasteiger partial charge on any atom is -0.496 e. The maximum atomic E-state index is 14.2. The molecule has 1 aliphatic rings. The summed E-state index contributed by atoms with van der Waals surface area (Å²) in [4.78, 5) is 0. The second-order valence-electron chi connectivity index (χ2n) is 4.48. The Morgan fingerprint density at radius 1 is 1.53 bits per heavy atom. The van der Waals surface area contributed by atoms with E-state index < -0.39 is 0 Å². The summed E-state index contributed by atoms with van der Waals surface area (Å²) in [5.41, 5.74) is 1.52. The molecule has 0 saturated carbocycles. The normalized spacial score (nSPS) is 20.4. The van der Waals surface area contributed by atoms with Crippen LogP contribution < -0.4 is 10.1 Å². The van der Waals surface area contributed by atoms with Crippen LogP contribution in [-0.4, -0.2) is 20.2 Å². The van der Waals surface area contributed by atoms with Crippen molar-refractivity contribution in [3.8, 4) is 5.75 Å². The molecule has 94 valence electrons. The number of nitrogens with one attached hydrogen (secondary N) is 1. The Bertz CT molecular complexity index is 416. The van der Waals surface area contributed by atoms with Gasteiger partial charge >= 0.3 is 0 Å². The number of methoxy groups -OCH3 is 1. The Hall–Kier alpha value is -0.800. The molecule has 17 heavy (non-hydrogen) atoms. The van der Waals surface area contributed by atoms with Crippen molar-refractivity contribution in [1.82, 2.24) is 5.32 Å². The monoisotopic (exact) mass is 257 g/mol. The molecule has 0 radical (unpaired) electrons. The van der Waals surface area contributed by atoms with Crippen LogP contribution in [0.25, 0.3) is 0 Å². The molecule has 1 fully saturated rings. The van der Waals surface area contributed by atoms with Gasteiger partial charge in [-0.25, -0.2) is 4.39 Å². The molecule has 0 spiro atoms. The summed E-state index contributed by atoms with van der Waals surface area (Å²) in [6.45, 7) is 3.68. The molecule has 2 rings (SSSR count). The SMILES string of the molecule is COc1c(C)cc(Cl)c(F)c1C1CCCNC1. The zero-order valence-electron chi connectivity index (χ0n) is 10.1. The van der Waals surface area contributed by atoms with E-state index in [0.29, 0.717) is 11.3 Å². The van der Waals surface area contributed by atoms with Crippen LogP contribution >= 0.6 is 11.6 Å². The largest absolute Gasteiger partial charge is 0.496 e. The van der Waals surface area contributed by atoms with Gasteiger partial charge in [0.15, 0.2) is 0 Å². The molecule has 1 atom stereocenters. The van der Waals surface area contributed by atoms with Crippen molar-refractivity contribution in [3.63, 3.8) is 0 Å². The van der Waals surface area contributed by atoms with Crippen LogP contribution in [0.5, 0.6) is 5.75 Å². The van der Waals surface area contributed by atoms with Gasteiger partial charge in [-0.2, -0.15) is 0 Å². The molecule has 4 heteroatoms. The maximum absolute atomic E-state index is 14.2. The van der Waals surface area contributed by atoms with Crippen molar-refractivity contribution in [2.45, 2.75) is 25.7 Å². The molecule has 0 bridgehead atoms. The summed E-state index contributed by atoms with van der Waals surface area (Å²) in [6.07, 6.45) is 2.03. The Morgan fingerprint density at radius 2 is 2.29 bits per heavy atom. The van der Waals surface area contributed by atoms with Crippen molar-refractivity contribution >= 4 is 11.6 Å². The van der Waals surface area contributed by atoms with E-state index >= 15 is 0 Å². The van der Waals surface area contributed by atoms with E-state index in [-0.39, 0.29) is 16.8 Å². The van der Waals surface area contributed by atoms with Crippen LogP contribution in [0.3, 0.4) is 0 Å². The molecule has 2 nitrogen and oxygen atoms in total. The Kier molecular flexibility index (Phi) is 3.89. The highest BCUT2D eigenvalue weighted by Gasteiger charge is 2.25. The third-order valence-electron chi connectivity index (χ3n) is 3.30. The zero-order chi connectivity index (χ0) is 12.4. The van der Waals surface area contributed by atoms with Crippen LogP contribution in [0.4, 0.5) is 4.39 Å². The molecular weight excluding hydrogens is 241 g/mol. The molecule has 0 aromatic heterocycles. The third kappa shape index (κ3) is 2.40. The molecule has 0 aliphatic carbocycles. The number of benzene rings is 1. The predicted octanol–water partition coefficient (Wildman–Crippen LogP) is 3.26. The lowest BCUT2D eigenvalue weighted by molar-refractivity contribution is 0.380. The third-order valence-corrected chi connectivity index (χ3v) is 3.58. The van der Waals surface area contributed by atoms with E-state index in [0.717, 1.165) is 31.5 Å². The average Bonchev–Trinajstić information content (AvgIpc) is 2.34. The Morgan fingerprint density at radius 3 is 2.88 bits per heavy atom. The number of ether oxygens (including phenoxy) is 1. The van der Waals surface area contributed by atoms with Gasteiger partial charge in [-0.3, -0.25) is 0 Å². The molecule has 1 unspecified atom stereocenters. The van der Waals surface area contributed by atoms with Crippen LogP contribution in [0, 0.1) is 12.7 Å². The molecule has 0 amide bonds. The van der Waals surface area contributed by atoms with Gasteiger partial charge in [0.05, 0.1) is 12.1 Å². The summed E-state index contributed by atoms with van der Waals surface area (Å²) in [6, 6.07) is 1.62. The fraction of sp³-hybridized carbons (Fsp3) is 0.538. The quantitative estimate of drug-likeness (QED) is 0.878. The lowest BCUT2D eigenvalue weighted by atomic mass is 9.89. The topological polar surface area (TPSA) is 21.3 Å². The molecule has 1 aromatic carbocycles. The highest BCUT2D eigenvalue weighted by molar-refractivity contribution is 6.31. The maximum Gasteiger partial charge on any atom is 0.149 e. The fourth-order valence-electron chi connectivity index (χ4n) is 2.49. The minimum atomic E-state index is -0.331. The van der Waals surface area contributed by atoms with Gasteiger partial charge in [0.25, 0.3) is 0 Å². The number of piperidine rings is 1. The smallest absolute Gasteiger partial charge is 0.149 e. The van der Waals surface area contributed by atoms with Gasteiger partial charge in [-0.15, -0.1) is 0 Å². The number of hydrogen-bond acceptors (Lipinski definition) is 2. The van der Waals surface area contributed by atoms with Crippen molar-refractivity contribution < 1.29 is 9.13 Å². The summed E-state index contributed by atoms with van der Waals surface area (Å²) in [7, 11) is 1.58. The Labute approximate surface area is 106 Å². The fourth-order valence-corrected chi connectivity index (χ4v) is 2.76. The second-order valence-corrected chi connectivity index (χ2v) is 4.89. The van der Waals surface area contributed by atoms with Crippen molar-refractivity contribution in [2.24, 2.45) is 0 Å². The van der Waals surface area contributed by atoms with Crippen molar-refractivity contribution in [2.75, 3.05) is 20.2 Å². The van der Waals surface area contributed by atoms with Crippen molar-refractivity contribution in [3.05, 3.63) is 28.0 Å². The van der Waals surface area contributed by atoms with Gasteiger partial charge in [0, 0.05) is 18.0 Å². The number of rotatable bonds is 2. The van der Waals surface area contributed by atoms with E-state index in [2.05, 4.69) is 5.32 Å². The van der Waals surface area contributed by atoms with Gasteiger partial charge < -0.3 is 10.1 Å². The molecule has 1 saturated heterocycles. The van der Waals surface area contributed by atoms with Crippen LogP contribution in [0.2, 0.25) is 5.02 Å². The first kappa shape index (κ1) is 12.7. The lowest BCUT2D eigenvalue weighted by Gasteiger charge is -2.26. The summed E-state index contributed by atoms with van der Waals surface area (Å²) in [5, 5.41) is 3.47. The van der Waals surface area contributed by atoms with E-state index in [4.69, 9.17) is 16.3 Å². The predicted molar refractivity (Wildman–Crippen MR) is 67.5 cm³/mol. The van der Waals surface area contributed by atoms with E-state index in [1.807, 2.05) is 6.92 Å². The number of hydrogen-bond donors (Lipinski definition) is 1. The molecule has 1 aliphatic heterocycles. The van der Waals surface area contributed by atoms with Gasteiger partial charge in [-0.05, 0) is 37.9 Å². The van der Waals surface area contributed by atoms with Crippen LogP contribution in [0.1, 0.15) is 29.9 Å². The standard InChI is InChI=1S/C13H17ClFNO/c1-8-6-10(14)12(15)11(13(8)17-2)9-4-3-5-16-7-9/h6,9,16H,3-5,7H2,1-2H3. The summed E-state index contributed by atoms with van der Waals surface area (Å²) >= 11 is 5.92. The lowest BCUT2D eigenvalue weighted by Crippen LogP contribution is -2.29. The zero-order valence-corrected chi connectivity index (χ0v) is 10.9. The highest BCUT2D eigenvalue weighted by Crippen LogP contribution is 2.38. The number of aryl methyl sites for hydroxylation is 1.